The molecule has 27 heavy (non-hydrogen) atoms. The van der Waals surface area contributed by atoms with E-state index in [4.69, 9.17) is 0 Å². The van der Waals surface area contributed by atoms with Crippen molar-refractivity contribution < 1.29 is 0 Å². The fourth-order valence-electron chi connectivity index (χ4n) is 4.28. The van der Waals surface area contributed by atoms with Crippen LogP contribution >= 0.6 is 0 Å². The van der Waals surface area contributed by atoms with Crippen LogP contribution in [-0.4, -0.2) is 4.98 Å². The Hall–Kier alpha value is -3.19. The third-order valence-electron chi connectivity index (χ3n) is 5.75. The molecule has 4 aromatic rings. The number of pyridine rings is 1. The zero-order valence-electron chi connectivity index (χ0n) is 15.6. The Labute approximate surface area is 160 Å². The lowest BCUT2D eigenvalue weighted by Crippen LogP contribution is -2.14. The maximum Gasteiger partial charge on any atom is 0.0708 e. The zero-order valence-corrected chi connectivity index (χ0v) is 15.6. The largest absolute Gasteiger partial charge is 0.256 e. The third kappa shape index (κ3) is 2.50. The van der Waals surface area contributed by atoms with Crippen LogP contribution < -0.4 is 0 Å². The summed E-state index contributed by atoms with van der Waals surface area (Å²) in [6, 6.07) is 30.3. The fourth-order valence-corrected chi connectivity index (χ4v) is 4.28. The smallest absolute Gasteiger partial charge is 0.0708 e. The molecule has 1 aliphatic rings. The van der Waals surface area contributed by atoms with Gasteiger partial charge in [-0.05, 0) is 51.6 Å². The molecule has 0 radical (unpaired) electrons. The molecular weight excluding hydrogens is 326 g/mol. The first-order valence-corrected chi connectivity index (χ1v) is 9.41. The minimum absolute atomic E-state index is 0.0454. The van der Waals surface area contributed by atoms with Gasteiger partial charge in [0.1, 0.15) is 0 Å². The number of hydrogen-bond donors (Lipinski definition) is 0. The van der Waals surface area contributed by atoms with E-state index in [1.807, 2.05) is 12.3 Å². The molecule has 0 bridgehead atoms. The summed E-state index contributed by atoms with van der Waals surface area (Å²) < 4.78 is 0. The van der Waals surface area contributed by atoms with Crippen molar-refractivity contribution in [1.29, 1.82) is 0 Å². The van der Waals surface area contributed by atoms with Gasteiger partial charge in [0.15, 0.2) is 0 Å². The van der Waals surface area contributed by atoms with E-state index in [9.17, 15) is 0 Å². The second-order valence-electron chi connectivity index (χ2n) is 7.73. The van der Waals surface area contributed by atoms with Crippen molar-refractivity contribution in [2.24, 2.45) is 0 Å². The van der Waals surface area contributed by atoms with Gasteiger partial charge in [0.05, 0.1) is 5.69 Å². The maximum atomic E-state index is 4.65. The molecule has 0 amide bonds. The molecule has 0 saturated carbocycles. The summed E-state index contributed by atoms with van der Waals surface area (Å²) in [4.78, 5) is 4.65. The number of benzene rings is 3. The number of hydrogen-bond acceptors (Lipinski definition) is 1. The first kappa shape index (κ1) is 16.0. The highest BCUT2D eigenvalue weighted by atomic mass is 14.7. The Morgan fingerprint density at radius 3 is 2.19 bits per heavy atom. The van der Waals surface area contributed by atoms with E-state index in [1.54, 1.807) is 0 Å². The molecule has 1 aromatic heterocycles. The molecule has 1 aliphatic carbocycles. The lowest BCUT2D eigenvalue weighted by atomic mass is 9.82. The van der Waals surface area contributed by atoms with Gasteiger partial charge in [-0.1, -0.05) is 80.6 Å². The molecule has 0 atom stereocenters. The van der Waals surface area contributed by atoms with Gasteiger partial charge in [-0.15, -0.1) is 0 Å². The van der Waals surface area contributed by atoms with Gasteiger partial charge < -0.3 is 0 Å². The summed E-state index contributed by atoms with van der Waals surface area (Å²) in [5, 5.41) is 0. The Morgan fingerprint density at radius 1 is 0.593 bits per heavy atom. The van der Waals surface area contributed by atoms with Crippen molar-refractivity contribution >= 4 is 0 Å². The van der Waals surface area contributed by atoms with Gasteiger partial charge >= 0.3 is 0 Å². The minimum atomic E-state index is 0.0454. The number of fused-ring (bicyclic) bond motifs is 3. The quantitative estimate of drug-likeness (QED) is 0.392. The first-order chi connectivity index (χ1) is 13.1. The molecule has 1 heteroatoms. The Bertz CT molecular complexity index is 1140. The molecule has 1 nitrogen and oxygen atoms in total. The molecule has 130 valence electrons. The molecule has 0 fully saturated rings. The highest BCUT2D eigenvalue weighted by molar-refractivity contribution is 5.84. The van der Waals surface area contributed by atoms with E-state index < -0.39 is 0 Å². The summed E-state index contributed by atoms with van der Waals surface area (Å²) >= 11 is 0. The summed E-state index contributed by atoms with van der Waals surface area (Å²) in [6.45, 7) is 4.62. The molecule has 0 spiro atoms. The summed E-state index contributed by atoms with van der Waals surface area (Å²) in [5.74, 6) is 0. The minimum Gasteiger partial charge on any atom is -0.256 e. The summed E-state index contributed by atoms with van der Waals surface area (Å²) in [6.07, 6.45) is 1.91. The van der Waals surface area contributed by atoms with E-state index in [0.717, 1.165) is 5.69 Å². The predicted molar refractivity (Wildman–Crippen MR) is 113 cm³/mol. The topological polar surface area (TPSA) is 12.9 Å². The standard InChI is InChI=1S/C26H21N/c1-26(2)23-11-7-6-10-21(23)22-16-20(12-13-24(22)26)25-17-19(14-15-27-25)18-8-4-3-5-9-18/h3-17H,1-2H3. The summed E-state index contributed by atoms with van der Waals surface area (Å²) in [5.41, 5.74) is 10.1. The molecule has 0 saturated heterocycles. The van der Waals surface area contributed by atoms with Crippen LogP contribution in [-0.2, 0) is 5.41 Å². The molecule has 0 aliphatic heterocycles. The lowest BCUT2D eigenvalue weighted by molar-refractivity contribution is 0.660. The predicted octanol–water partition coefficient (Wildman–Crippen LogP) is 6.72. The van der Waals surface area contributed by atoms with Gasteiger partial charge in [-0.3, -0.25) is 4.98 Å². The fraction of sp³-hybridized carbons (Fsp3) is 0.115. The average Bonchev–Trinajstić information content (AvgIpc) is 2.96. The summed E-state index contributed by atoms with van der Waals surface area (Å²) in [7, 11) is 0. The first-order valence-electron chi connectivity index (χ1n) is 9.41. The SMILES string of the molecule is CC1(C)c2ccccc2-c2cc(-c3cc(-c4ccccc4)ccn3)ccc21. The van der Waals surface area contributed by atoms with E-state index in [1.165, 1.54) is 38.9 Å². The van der Waals surface area contributed by atoms with Crippen molar-refractivity contribution in [1.82, 2.24) is 4.98 Å². The highest BCUT2D eigenvalue weighted by Gasteiger charge is 2.35. The average molecular weight is 347 g/mol. The van der Waals surface area contributed by atoms with Crippen molar-refractivity contribution in [2.45, 2.75) is 19.3 Å². The molecule has 3 aromatic carbocycles. The highest BCUT2D eigenvalue weighted by Crippen LogP contribution is 2.49. The second-order valence-corrected chi connectivity index (χ2v) is 7.73. The van der Waals surface area contributed by atoms with Crippen LogP contribution in [0, 0.1) is 0 Å². The van der Waals surface area contributed by atoms with Gasteiger partial charge in [-0.2, -0.15) is 0 Å². The molecular formula is C26H21N. The third-order valence-corrected chi connectivity index (χ3v) is 5.75. The Balaban J connectivity index is 1.64. The van der Waals surface area contributed by atoms with E-state index in [0.29, 0.717) is 0 Å². The molecule has 5 rings (SSSR count). The van der Waals surface area contributed by atoms with Crippen molar-refractivity contribution in [3.05, 3.63) is 102 Å². The van der Waals surface area contributed by atoms with E-state index >= 15 is 0 Å². The van der Waals surface area contributed by atoms with Crippen molar-refractivity contribution in [3.8, 4) is 33.5 Å². The van der Waals surface area contributed by atoms with Crippen LogP contribution in [0.25, 0.3) is 33.5 Å². The second kappa shape index (κ2) is 5.92. The molecule has 1 heterocycles. The van der Waals surface area contributed by atoms with Crippen LogP contribution in [0.3, 0.4) is 0 Å². The normalized spacial score (nSPS) is 13.9. The van der Waals surface area contributed by atoms with Crippen molar-refractivity contribution in [2.75, 3.05) is 0 Å². The Kier molecular flexibility index (Phi) is 3.51. The number of rotatable bonds is 2. The van der Waals surface area contributed by atoms with Crippen LogP contribution in [0.4, 0.5) is 0 Å². The molecule has 0 unspecified atom stereocenters. The number of aromatic nitrogens is 1. The Morgan fingerprint density at radius 2 is 1.33 bits per heavy atom. The van der Waals surface area contributed by atoms with E-state index in [-0.39, 0.29) is 5.41 Å². The van der Waals surface area contributed by atoms with Crippen molar-refractivity contribution in [3.63, 3.8) is 0 Å². The van der Waals surface area contributed by atoms with Gasteiger partial charge in [-0.25, -0.2) is 0 Å². The van der Waals surface area contributed by atoms with Crippen LogP contribution in [0.1, 0.15) is 25.0 Å². The molecule has 0 N–H and O–H groups in total. The van der Waals surface area contributed by atoms with E-state index in [2.05, 4.69) is 97.7 Å². The zero-order chi connectivity index (χ0) is 18.4. The monoisotopic (exact) mass is 347 g/mol. The van der Waals surface area contributed by atoms with Crippen LogP contribution in [0.5, 0.6) is 0 Å². The number of nitrogens with zero attached hydrogens (tertiary/aromatic N) is 1. The van der Waals surface area contributed by atoms with Gasteiger partial charge in [0, 0.05) is 17.2 Å². The van der Waals surface area contributed by atoms with Gasteiger partial charge in [0.2, 0.25) is 0 Å². The maximum absolute atomic E-state index is 4.65. The van der Waals surface area contributed by atoms with Crippen LogP contribution in [0.15, 0.2) is 91.1 Å². The van der Waals surface area contributed by atoms with Gasteiger partial charge in [0.25, 0.3) is 0 Å². The lowest BCUT2D eigenvalue weighted by Gasteiger charge is -2.21. The van der Waals surface area contributed by atoms with Crippen LogP contribution in [0.2, 0.25) is 0 Å².